The number of fused-ring (bicyclic) bond motifs is 1. The van der Waals surface area contributed by atoms with E-state index in [0.717, 1.165) is 14.9 Å². The number of allylic oxidation sites excluding steroid dienone is 1. The molecular weight excluding hydrogens is 440 g/mol. The number of ether oxygens (including phenoxy) is 2. The molecule has 1 atom stereocenters. The second kappa shape index (κ2) is 7.50. The van der Waals surface area contributed by atoms with Crippen LogP contribution in [0.25, 0.3) is 0 Å². The van der Waals surface area contributed by atoms with Crippen molar-refractivity contribution < 1.29 is 14.3 Å². The van der Waals surface area contributed by atoms with E-state index >= 15 is 0 Å². The molecule has 0 radical (unpaired) electrons. The van der Waals surface area contributed by atoms with Gasteiger partial charge in [-0.25, -0.2) is 4.79 Å². The Morgan fingerprint density at radius 1 is 1.21 bits per heavy atom. The number of halogens is 1. The van der Waals surface area contributed by atoms with Crippen LogP contribution in [-0.4, -0.2) is 5.97 Å². The number of nitrogens with two attached hydrogens (primary N) is 1. The summed E-state index contributed by atoms with van der Waals surface area (Å²) in [7, 11) is 0. The lowest BCUT2D eigenvalue weighted by atomic mass is 9.88. The zero-order chi connectivity index (χ0) is 19.7. The molecule has 138 valence electrons. The minimum atomic E-state index is -0.473. The van der Waals surface area contributed by atoms with Gasteiger partial charge in [-0.15, -0.1) is 11.3 Å². The third-order valence-corrected chi connectivity index (χ3v) is 5.77. The number of benzene rings is 2. The van der Waals surface area contributed by atoms with Gasteiger partial charge in [0, 0.05) is 21.0 Å². The van der Waals surface area contributed by atoms with Crippen LogP contribution in [0.15, 0.2) is 75.9 Å². The lowest BCUT2D eigenvalue weighted by Crippen LogP contribution is -2.20. The minimum absolute atomic E-state index is 0.0600. The fraction of sp³-hybridized carbons (Fsp3) is 0.0476. The zero-order valence-corrected chi connectivity index (χ0v) is 16.8. The standard InChI is InChI=1S/C21H13BrN2O3S/c22-13-5-3-12(4-6-13)21(25)26-14-7-8-15-17(10-14)27-20(24)16(11-23)19(15)18-2-1-9-28-18/h1-10,19H,24H2. The van der Waals surface area contributed by atoms with Crippen molar-refractivity contribution in [3.8, 4) is 17.6 Å². The molecule has 1 aliphatic heterocycles. The summed E-state index contributed by atoms with van der Waals surface area (Å²) in [5.74, 6) is 0.0925. The Kier molecular flexibility index (Phi) is 4.90. The maximum atomic E-state index is 12.4. The molecule has 7 heteroatoms. The molecule has 2 aromatic carbocycles. The fourth-order valence-corrected chi connectivity index (χ4v) is 4.12. The van der Waals surface area contributed by atoms with Crippen molar-refractivity contribution in [1.82, 2.24) is 0 Å². The summed E-state index contributed by atoms with van der Waals surface area (Å²) in [5, 5.41) is 11.5. The summed E-state index contributed by atoms with van der Waals surface area (Å²) >= 11 is 4.88. The molecule has 0 spiro atoms. The van der Waals surface area contributed by atoms with Crippen molar-refractivity contribution in [2.45, 2.75) is 5.92 Å². The first-order valence-corrected chi connectivity index (χ1v) is 9.97. The van der Waals surface area contributed by atoms with E-state index in [2.05, 4.69) is 22.0 Å². The van der Waals surface area contributed by atoms with E-state index in [0.29, 0.717) is 22.6 Å². The van der Waals surface area contributed by atoms with Crippen LogP contribution in [0, 0.1) is 11.3 Å². The number of carbonyl (C=O) groups excluding carboxylic acids is 1. The molecule has 0 amide bonds. The van der Waals surface area contributed by atoms with E-state index < -0.39 is 5.97 Å². The van der Waals surface area contributed by atoms with Crippen molar-refractivity contribution in [3.05, 3.63) is 91.9 Å². The third-order valence-electron chi connectivity index (χ3n) is 4.31. The van der Waals surface area contributed by atoms with Gasteiger partial charge < -0.3 is 15.2 Å². The summed E-state index contributed by atoms with van der Waals surface area (Å²) in [6.07, 6.45) is 0. The second-order valence-electron chi connectivity index (χ2n) is 6.04. The number of nitriles is 1. The maximum absolute atomic E-state index is 12.4. The summed E-state index contributed by atoms with van der Waals surface area (Å²) in [6, 6.07) is 18.0. The fourth-order valence-electron chi connectivity index (χ4n) is 3.00. The number of hydrogen-bond donors (Lipinski definition) is 1. The third kappa shape index (κ3) is 3.40. The smallest absolute Gasteiger partial charge is 0.343 e. The molecule has 0 aliphatic carbocycles. The number of esters is 1. The van der Waals surface area contributed by atoms with Crippen LogP contribution in [0.2, 0.25) is 0 Å². The van der Waals surface area contributed by atoms with Crippen molar-refractivity contribution >= 4 is 33.2 Å². The van der Waals surface area contributed by atoms with E-state index in [-0.39, 0.29) is 11.8 Å². The van der Waals surface area contributed by atoms with Gasteiger partial charge in [0.25, 0.3) is 0 Å². The van der Waals surface area contributed by atoms with Crippen LogP contribution in [0.5, 0.6) is 11.5 Å². The molecule has 4 rings (SSSR count). The number of hydrogen-bond acceptors (Lipinski definition) is 6. The van der Waals surface area contributed by atoms with Gasteiger partial charge in [-0.05, 0) is 41.8 Å². The average molecular weight is 453 g/mol. The highest BCUT2D eigenvalue weighted by Crippen LogP contribution is 2.44. The van der Waals surface area contributed by atoms with Crippen molar-refractivity contribution in [2.24, 2.45) is 5.73 Å². The van der Waals surface area contributed by atoms with Crippen LogP contribution in [0.4, 0.5) is 0 Å². The van der Waals surface area contributed by atoms with Crippen LogP contribution < -0.4 is 15.2 Å². The Hall–Kier alpha value is -3.08. The molecule has 0 fully saturated rings. The first-order valence-electron chi connectivity index (χ1n) is 8.29. The highest BCUT2D eigenvalue weighted by Gasteiger charge is 2.31. The molecule has 3 aromatic rings. The summed E-state index contributed by atoms with van der Waals surface area (Å²) < 4.78 is 12.0. The summed E-state index contributed by atoms with van der Waals surface area (Å²) in [4.78, 5) is 13.3. The lowest BCUT2D eigenvalue weighted by Gasteiger charge is -2.25. The maximum Gasteiger partial charge on any atom is 0.343 e. The van der Waals surface area contributed by atoms with Crippen LogP contribution in [-0.2, 0) is 0 Å². The highest BCUT2D eigenvalue weighted by atomic mass is 79.9. The van der Waals surface area contributed by atoms with Crippen molar-refractivity contribution in [1.29, 1.82) is 5.26 Å². The number of nitrogens with zero attached hydrogens (tertiary/aromatic N) is 1. The summed E-state index contributed by atoms with van der Waals surface area (Å²) in [6.45, 7) is 0. The Balaban J connectivity index is 1.66. The van der Waals surface area contributed by atoms with Gasteiger partial charge in [-0.2, -0.15) is 5.26 Å². The van der Waals surface area contributed by atoms with Gasteiger partial charge in [0.2, 0.25) is 5.88 Å². The van der Waals surface area contributed by atoms with Crippen molar-refractivity contribution in [2.75, 3.05) is 0 Å². The average Bonchev–Trinajstić information content (AvgIpc) is 3.21. The predicted molar refractivity (Wildman–Crippen MR) is 109 cm³/mol. The monoisotopic (exact) mass is 452 g/mol. The second-order valence-corrected chi connectivity index (χ2v) is 7.93. The summed E-state index contributed by atoms with van der Waals surface area (Å²) in [5.41, 5.74) is 7.59. The Morgan fingerprint density at radius 2 is 2.00 bits per heavy atom. The van der Waals surface area contributed by atoms with Crippen LogP contribution in [0.1, 0.15) is 26.7 Å². The molecule has 0 saturated carbocycles. The minimum Gasteiger partial charge on any atom is -0.440 e. The van der Waals surface area contributed by atoms with Gasteiger partial charge in [0.05, 0.1) is 11.5 Å². The van der Waals surface area contributed by atoms with Gasteiger partial charge in [0.15, 0.2) is 0 Å². The Bertz CT molecular complexity index is 1120. The van der Waals surface area contributed by atoms with Gasteiger partial charge in [-0.1, -0.05) is 28.1 Å². The number of carbonyl (C=O) groups is 1. The van der Waals surface area contributed by atoms with E-state index in [1.165, 1.54) is 0 Å². The highest BCUT2D eigenvalue weighted by molar-refractivity contribution is 9.10. The van der Waals surface area contributed by atoms with Crippen LogP contribution >= 0.6 is 27.3 Å². The van der Waals surface area contributed by atoms with Crippen molar-refractivity contribution in [3.63, 3.8) is 0 Å². The lowest BCUT2D eigenvalue weighted by molar-refractivity contribution is 0.0734. The van der Waals surface area contributed by atoms with Crippen LogP contribution in [0.3, 0.4) is 0 Å². The molecule has 1 unspecified atom stereocenters. The van der Waals surface area contributed by atoms with Gasteiger partial charge in [-0.3, -0.25) is 0 Å². The topological polar surface area (TPSA) is 85.3 Å². The molecule has 2 heterocycles. The Morgan fingerprint density at radius 3 is 2.68 bits per heavy atom. The zero-order valence-electron chi connectivity index (χ0n) is 14.4. The molecular formula is C21H13BrN2O3S. The van der Waals surface area contributed by atoms with E-state index in [1.807, 2.05) is 17.5 Å². The largest absolute Gasteiger partial charge is 0.440 e. The van der Waals surface area contributed by atoms with E-state index in [1.54, 1.807) is 53.8 Å². The molecule has 5 nitrogen and oxygen atoms in total. The van der Waals surface area contributed by atoms with Gasteiger partial charge in [0.1, 0.15) is 23.1 Å². The van der Waals surface area contributed by atoms with E-state index in [4.69, 9.17) is 15.2 Å². The number of thiophene rings is 1. The predicted octanol–water partition coefficient (Wildman–Crippen LogP) is 4.95. The van der Waals surface area contributed by atoms with E-state index in [9.17, 15) is 10.1 Å². The quantitative estimate of drug-likeness (QED) is 0.448. The molecule has 28 heavy (non-hydrogen) atoms. The SMILES string of the molecule is N#CC1=C(N)Oc2cc(OC(=O)c3ccc(Br)cc3)ccc2C1c1cccs1. The molecule has 0 saturated heterocycles. The first-order chi connectivity index (χ1) is 13.6. The molecule has 0 bridgehead atoms. The normalized spacial score (nSPS) is 15.4. The molecule has 2 N–H and O–H groups in total. The number of rotatable bonds is 3. The molecule has 1 aliphatic rings. The molecule has 1 aromatic heterocycles. The first kappa shape index (κ1) is 18.3. The van der Waals surface area contributed by atoms with Gasteiger partial charge >= 0.3 is 5.97 Å². The Labute approximate surface area is 173 Å².